The molecule has 0 aliphatic heterocycles. The van der Waals surface area contributed by atoms with E-state index in [0.717, 1.165) is 0 Å². The number of aromatic nitrogens is 2. The van der Waals surface area contributed by atoms with E-state index < -0.39 is 33.7 Å². The summed E-state index contributed by atoms with van der Waals surface area (Å²) in [6.45, 7) is 1.35. The van der Waals surface area contributed by atoms with Crippen molar-refractivity contribution in [2.75, 3.05) is 10.0 Å². The van der Waals surface area contributed by atoms with Crippen molar-refractivity contribution in [3.63, 3.8) is 0 Å². The average Bonchev–Trinajstić information content (AvgIpc) is 3.20. The van der Waals surface area contributed by atoms with Crippen LogP contribution in [0.5, 0.6) is 0 Å². The zero-order valence-corrected chi connectivity index (χ0v) is 20.8. The molecule has 1 unspecified atom stereocenters. The summed E-state index contributed by atoms with van der Waals surface area (Å²) >= 11 is 12.0. The number of anilines is 2. The topological polar surface area (TPSA) is 150 Å². The smallest absolute Gasteiger partial charge is 0.341 e. The van der Waals surface area contributed by atoms with Gasteiger partial charge in [0.05, 0.1) is 37.9 Å². The van der Waals surface area contributed by atoms with E-state index in [4.69, 9.17) is 27.9 Å². The number of ether oxygens (including phenoxy) is 1. The number of amides is 1. The third-order valence-corrected chi connectivity index (χ3v) is 6.96. The number of rotatable bonds is 7. The van der Waals surface area contributed by atoms with E-state index in [1.165, 1.54) is 61.5 Å². The molecule has 0 fully saturated rings. The lowest BCUT2D eigenvalue weighted by Crippen LogP contribution is -2.30. The lowest BCUT2D eigenvalue weighted by atomic mass is 10.2. The Morgan fingerprint density at radius 1 is 0.944 bits per heavy atom. The van der Waals surface area contributed by atoms with Crippen molar-refractivity contribution < 1.29 is 22.7 Å². The first-order valence-electron chi connectivity index (χ1n) is 10.3. The highest BCUT2D eigenvalue weighted by Crippen LogP contribution is 2.26. The van der Waals surface area contributed by atoms with E-state index in [2.05, 4.69) is 20.0 Å². The van der Waals surface area contributed by atoms with Crippen LogP contribution < -0.4 is 15.7 Å². The second-order valence-corrected chi connectivity index (χ2v) is 10.1. The molecule has 0 bridgehead atoms. The van der Waals surface area contributed by atoms with Gasteiger partial charge < -0.3 is 20.0 Å². The van der Waals surface area contributed by atoms with Crippen LogP contribution in [0.15, 0.2) is 70.4 Å². The molecule has 13 heteroatoms. The van der Waals surface area contributed by atoms with Crippen molar-refractivity contribution in [1.29, 1.82) is 0 Å². The number of hydrogen-bond donors (Lipinski definition) is 4. The number of halogens is 2. The van der Waals surface area contributed by atoms with E-state index in [1.54, 1.807) is 6.07 Å². The Morgan fingerprint density at radius 2 is 1.67 bits per heavy atom. The summed E-state index contributed by atoms with van der Waals surface area (Å²) in [7, 11) is -4.15. The Labute approximate surface area is 214 Å². The van der Waals surface area contributed by atoms with Gasteiger partial charge in [-0.2, -0.15) is 0 Å². The highest BCUT2D eigenvalue weighted by molar-refractivity contribution is 7.92. The predicted molar refractivity (Wildman–Crippen MR) is 136 cm³/mol. The normalized spacial score (nSPS) is 12.2. The summed E-state index contributed by atoms with van der Waals surface area (Å²) in [6, 6.07) is 14.3. The first-order valence-corrected chi connectivity index (χ1v) is 12.6. The summed E-state index contributed by atoms with van der Waals surface area (Å²) < 4.78 is 33.5. The second kappa shape index (κ2) is 10.1. The van der Waals surface area contributed by atoms with Crippen LogP contribution >= 0.6 is 23.2 Å². The number of esters is 1. The first-order chi connectivity index (χ1) is 17.0. The lowest BCUT2D eigenvalue weighted by Gasteiger charge is -2.16. The van der Waals surface area contributed by atoms with Crippen LogP contribution in [-0.2, 0) is 19.6 Å². The molecule has 0 radical (unpaired) electrons. The fraction of sp³-hybridized carbons (Fsp3) is 0.0870. The van der Waals surface area contributed by atoms with Crippen molar-refractivity contribution in [2.24, 2.45) is 0 Å². The fourth-order valence-electron chi connectivity index (χ4n) is 3.24. The number of fused-ring (bicyclic) bond motifs is 1. The zero-order chi connectivity index (χ0) is 26.0. The molecular formula is C23H18Cl2N4O6S. The third kappa shape index (κ3) is 5.54. The van der Waals surface area contributed by atoms with E-state index >= 15 is 0 Å². The van der Waals surface area contributed by atoms with Gasteiger partial charge in [0.1, 0.15) is 0 Å². The molecule has 1 heterocycles. The maximum atomic E-state index is 13.0. The molecule has 186 valence electrons. The highest BCUT2D eigenvalue weighted by atomic mass is 35.5. The Bertz CT molecular complexity index is 1650. The monoisotopic (exact) mass is 548 g/mol. The molecule has 0 aliphatic rings. The van der Waals surface area contributed by atoms with Gasteiger partial charge in [0.2, 0.25) is 0 Å². The molecule has 4 aromatic rings. The average molecular weight is 549 g/mol. The summed E-state index contributed by atoms with van der Waals surface area (Å²) in [5.74, 6) is -1.60. The molecule has 4 rings (SSSR count). The molecule has 4 N–H and O–H groups in total. The van der Waals surface area contributed by atoms with Gasteiger partial charge in [0, 0.05) is 5.02 Å². The van der Waals surface area contributed by atoms with Gasteiger partial charge in [-0.1, -0.05) is 35.3 Å². The van der Waals surface area contributed by atoms with Crippen molar-refractivity contribution >= 4 is 67.5 Å². The minimum Gasteiger partial charge on any atom is -0.449 e. The van der Waals surface area contributed by atoms with Crippen LogP contribution in [0.2, 0.25) is 10.0 Å². The Morgan fingerprint density at radius 3 is 2.44 bits per heavy atom. The van der Waals surface area contributed by atoms with E-state index in [9.17, 15) is 22.8 Å². The predicted octanol–water partition coefficient (Wildman–Crippen LogP) is 4.15. The van der Waals surface area contributed by atoms with E-state index in [1.807, 2.05) is 0 Å². The largest absolute Gasteiger partial charge is 0.449 e. The summed E-state index contributed by atoms with van der Waals surface area (Å²) in [5.41, 5.74) is 0.333. The van der Waals surface area contributed by atoms with Gasteiger partial charge in [-0.25, -0.2) is 18.0 Å². The van der Waals surface area contributed by atoms with Crippen LogP contribution in [0.1, 0.15) is 17.3 Å². The number of imidazole rings is 1. The first kappa shape index (κ1) is 25.3. The van der Waals surface area contributed by atoms with E-state index in [0.29, 0.717) is 16.1 Å². The molecule has 0 saturated heterocycles. The molecule has 10 nitrogen and oxygen atoms in total. The number of carbonyl (C=O) groups excluding carboxylic acids is 2. The number of hydrogen-bond acceptors (Lipinski definition) is 6. The van der Waals surface area contributed by atoms with Gasteiger partial charge >= 0.3 is 11.7 Å². The molecule has 0 spiro atoms. The number of carbonyl (C=O) groups is 2. The van der Waals surface area contributed by atoms with Crippen molar-refractivity contribution in [2.45, 2.75) is 17.9 Å². The maximum absolute atomic E-state index is 13.0. The van der Waals surface area contributed by atoms with Gasteiger partial charge in [-0.15, -0.1) is 0 Å². The summed E-state index contributed by atoms with van der Waals surface area (Å²) in [4.78, 5) is 41.7. The molecule has 1 amide bonds. The van der Waals surface area contributed by atoms with Gasteiger partial charge in [0.25, 0.3) is 15.9 Å². The van der Waals surface area contributed by atoms with Gasteiger partial charge in [0.15, 0.2) is 6.10 Å². The van der Waals surface area contributed by atoms with Crippen LogP contribution in [0.4, 0.5) is 11.4 Å². The minimum atomic E-state index is -4.15. The standard InChI is InChI=1S/C23H18Cl2N4O6S/c1-12(21(30)26-19-10-13(24)6-8-16(19)25)35-22(31)15-4-2-3-5-17(15)29-36(33,34)14-7-9-18-20(11-14)28-23(32)27-18/h2-12,29H,1H3,(H,26,30)(H2,27,28,32). The Kier molecular flexibility index (Phi) is 7.07. The van der Waals surface area contributed by atoms with Crippen molar-refractivity contribution in [3.05, 3.63) is 86.8 Å². The van der Waals surface area contributed by atoms with Crippen LogP contribution in [0.3, 0.4) is 0 Å². The number of benzene rings is 3. The highest BCUT2D eigenvalue weighted by Gasteiger charge is 2.24. The van der Waals surface area contributed by atoms with Crippen LogP contribution in [0.25, 0.3) is 11.0 Å². The van der Waals surface area contributed by atoms with Crippen LogP contribution in [-0.4, -0.2) is 36.4 Å². The summed E-state index contributed by atoms with van der Waals surface area (Å²) in [5, 5.41) is 3.12. The Balaban J connectivity index is 1.51. The Hall–Kier alpha value is -3.80. The zero-order valence-electron chi connectivity index (χ0n) is 18.5. The molecule has 1 atom stereocenters. The number of nitrogens with one attached hydrogen (secondary N) is 4. The van der Waals surface area contributed by atoms with Crippen molar-refractivity contribution in [3.8, 4) is 0 Å². The SMILES string of the molecule is CC(OC(=O)c1ccccc1NS(=O)(=O)c1ccc2[nH]c(=O)[nH]c2c1)C(=O)Nc1cc(Cl)ccc1Cl. The number of para-hydroxylation sites is 1. The molecule has 3 aromatic carbocycles. The number of H-pyrrole nitrogens is 2. The van der Waals surface area contributed by atoms with Crippen LogP contribution in [0, 0.1) is 0 Å². The van der Waals surface area contributed by atoms with Gasteiger partial charge in [-0.3, -0.25) is 9.52 Å². The lowest BCUT2D eigenvalue weighted by molar-refractivity contribution is -0.123. The summed E-state index contributed by atoms with van der Waals surface area (Å²) in [6.07, 6.45) is -1.25. The van der Waals surface area contributed by atoms with Gasteiger partial charge in [-0.05, 0) is 55.5 Å². The number of aromatic amines is 2. The molecule has 0 aliphatic carbocycles. The molecule has 0 saturated carbocycles. The second-order valence-electron chi connectivity index (χ2n) is 7.60. The van der Waals surface area contributed by atoms with Crippen molar-refractivity contribution in [1.82, 2.24) is 9.97 Å². The minimum absolute atomic E-state index is 0.0596. The third-order valence-electron chi connectivity index (χ3n) is 5.03. The fourth-order valence-corrected chi connectivity index (χ4v) is 4.68. The quantitative estimate of drug-likeness (QED) is 0.255. The molecular weight excluding hydrogens is 531 g/mol. The maximum Gasteiger partial charge on any atom is 0.341 e. The molecule has 36 heavy (non-hydrogen) atoms. The molecule has 1 aromatic heterocycles. The van der Waals surface area contributed by atoms with E-state index in [-0.39, 0.29) is 26.9 Å². The number of sulfonamides is 1.